The Bertz CT molecular complexity index is 538. The zero-order chi connectivity index (χ0) is 13.1. The molecule has 2 nitrogen and oxygen atoms in total. The molecule has 1 aromatic carbocycles. The molecule has 1 aromatic heterocycles. The molecule has 1 heterocycles. The van der Waals surface area contributed by atoms with Crippen molar-refractivity contribution in [3.63, 3.8) is 0 Å². The summed E-state index contributed by atoms with van der Waals surface area (Å²) in [5.74, 6) is 0.907. The van der Waals surface area contributed by atoms with E-state index in [0.29, 0.717) is 0 Å². The third-order valence-electron chi connectivity index (χ3n) is 2.89. The average molecular weight is 326 g/mol. The highest BCUT2D eigenvalue weighted by Crippen LogP contribution is 2.26. The van der Waals surface area contributed by atoms with E-state index in [-0.39, 0.29) is 6.04 Å². The molecule has 0 aliphatic carbocycles. The first-order valence-corrected chi connectivity index (χ1v) is 7.40. The van der Waals surface area contributed by atoms with Crippen molar-refractivity contribution in [3.8, 4) is 5.75 Å². The maximum atomic E-state index is 6.25. The molecule has 0 fully saturated rings. The Morgan fingerprint density at radius 3 is 2.72 bits per heavy atom. The number of thiophene rings is 1. The first kappa shape index (κ1) is 13.6. The van der Waals surface area contributed by atoms with Gasteiger partial charge in [-0.05, 0) is 46.1 Å². The lowest BCUT2D eigenvalue weighted by molar-refractivity contribution is 0.411. The van der Waals surface area contributed by atoms with E-state index >= 15 is 0 Å². The molecule has 2 rings (SSSR count). The van der Waals surface area contributed by atoms with Gasteiger partial charge in [0.25, 0.3) is 0 Å². The Labute approximate surface area is 120 Å². The van der Waals surface area contributed by atoms with Gasteiger partial charge in [-0.15, -0.1) is 11.3 Å². The van der Waals surface area contributed by atoms with Gasteiger partial charge < -0.3 is 10.5 Å². The van der Waals surface area contributed by atoms with E-state index in [2.05, 4.69) is 33.4 Å². The summed E-state index contributed by atoms with van der Waals surface area (Å²) in [6.45, 7) is 2.04. The van der Waals surface area contributed by atoms with Gasteiger partial charge in [-0.1, -0.05) is 12.1 Å². The SMILES string of the molecule is COc1ccc(C(N)Cc2cc(Br)cs2)cc1C. The lowest BCUT2D eigenvalue weighted by atomic mass is 10.0. The predicted molar refractivity (Wildman–Crippen MR) is 80.4 cm³/mol. The van der Waals surface area contributed by atoms with Gasteiger partial charge in [0, 0.05) is 27.2 Å². The Kier molecular flexibility index (Phi) is 4.43. The van der Waals surface area contributed by atoms with Gasteiger partial charge in [-0.25, -0.2) is 0 Å². The van der Waals surface area contributed by atoms with Crippen molar-refractivity contribution in [2.24, 2.45) is 5.73 Å². The molecule has 1 atom stereocenters. The second-order valence-electron chi connectivity index (χ2n) is 4.27. The van der Waals surface area contributed by atoms with Crippen LogP contribution in [0.25, 0.3) is 0 Å². The minimum absolute atomic E-state index is 0.0279. The molecule has 96 valence electrons. The van der Waals surface area contributed by atoms with Gasteiger partial charge in [0.15, 0.2) is 0 Å². The minimum atomic E-state index is 0.0279. The molecule has 0 amide bonds. The fourth-order valence-electron chi connectivity index (χ4n) is 1.93. The van der Waals surface area contributed by atoms with Crippen LogP contribution in [0.15, 0.2) is 34.1 Å². The molecule has 2 N–H and O–H groups in total. The van der Waals surface area contributed by atoms with Crippen LogP contribution in [0.5, 0.6) is 5.75 Å². The monoisotopic (exact) mass is 325 g/mol. The van der Waals surface area contributed by atoms with Gasteiger partial charge in [0.1, 0.15) is 5.75 Å². The Morgan fingerprint density at radius 2 is 2.17 bits per heavy atom. The van der Waals surface area contributed by atoms with Crippen molar-refractivity contribution in [3.05, 3.63) is 50.1 Å². The van der Waals surface area contributed by atoms with Crippen LogP contribution in [0, 0.1) is 6.92 Å². The molecular weight excluding hydrogens is 310 g/mol. The highest BCUT2D eigenvalue weighted by atomic mass is 79.9. The molecule has 0 radical (unpaired) electrons. The highest BCUT2D eigenvalue weighted by Gasteiger charge is 2.10. The molecule has 0 aliphatic heterocycles. The van der Waals surface area contributed by atoms with Crippen LogP contribution < -0.4 is 10.5 Å². The van der Waals surface area contributed by atoms with Gasteiger partial charge >= 0.3 is 0 Å². The van der Waals surface area contributed by atoms with Crippen LogP contribution in [-0.4, -0.2) is 7.11 Å². The average Bonchev–Trinajstić information content (AvgIpc) is 2.74. The second-order valence-corrected chi connectivity index (χ2v) is 6.18. The fourth-order valence-corrected chi connectivity index (χ4v) is 3.44. The van der Waals surface area contributed by atoms with Crippen molar-refractivity contribution >= 4 is 27.3 Å². The third-order valence-corrected chi connectivity index (χ3v) is 4.61. The van der Waals surface area contributed by atoms with Gasteiger partial charge in [0.05, 0.1) is 7.11 Å². The number of methoxy groups -OCH3 is 1. The number of aryl methyl sites for hydroxylation is 1. The van der Waals surface area contributed by atoms with Gasteiger partial charge in [-0.3, -0.25) is 0 Å². The van der Waals surface area contributed by atoms with Crippen LogP contribution >= 0.6 is 27.3 Å². The molecule has 1 unspecified atom stereocenters. The number of rotatable bonds is 4. The summed E-state index contributed by atoms with van der Waals surface area (Å²) in [6.07, 6.45) is 0.863. The summed E-state index contributed by atoms with van der Waals surface area (Å²) in [5, 5.41) is 2.08. The molecule has 18 heavy (non-hydrogen) atoms. The fraction of sp³-hybridized carbons (Fsp3) is 0.286. The largest absolute Gasteiger partial charge is 0.496 e. The molecule has 4 heteroatoms. The summed E-state index contributed by atoms with van der Waals surface area (Å²) in [5.41, 5.74) is 8.52. The van der Waals surface area contributed by atoms with Crippen molar-refractivity contribution < 1.29 is 4.74 Å². The number of benzene rings is 1. The Morgan fingerprint density at radius 1 is 1.39 bits per heavy atom. The summed E-state index contributed by atoms with van der Waals surface area (Å²) in [4.78, 5) is 1.29. The number of halogens is 1. The standard InChI is InChI=1S/C14H16BrNOS/c1-9-5-10(3-4-14(9)17-2)13(16)7-12-6-11(15)8-18-12/h3-6,8,13H,7,16H2,1-2H3. The normalized spacial score (nSPS) is 12.4. The highest BCUT2D eigenvalue weighted by molar-refractivity contribution is 9.10. The van der Waals surface area contributed by atoms with Crippen LogP contribution in [-0.2, 0) is 6.42 Å². The van der Waals surface area contributed by atoms with E-state index < -0.39 is 0 Å². The van der Waals surface area contributed by atoms with Gasteiger partial charge in [0.2, 0.25) is 0 Å². The number of hydrogen-bond donors (Lipinski definition) is 1. The van der Waals surface area contributed by atoms with E-state index in [1.54, 1.807) is 18.4 Å². The smallest absolute Gasteiger partial charge is 0.121 e. The predicted octanol–water partition coefficient (Wildman–Crippen LogP) is 4.07. The molecule has 0 saturated heterocycles. The number of ether oxygens (including phenoxy) is 1. The van der Waals surface area contributed by atoms with E-state index in [1.165, 1.54) is 4.88 Å². The molecule has 0 bridgehead atoms. The first-order chi connectivity index (χ1) is 8.60. The second kappa shape index (κ2) is 5.87. The summed E-state index contributed by atoms with van der Waals surface area (Å²) in [6, 6.07) is 8.28. The van der Waals surface area contributed by atoms with E-state index in [9.17, 15) is 0 Å². The summed E-state index contributed by atoms with van der Waals surface area (Å²) >= 11 is 5.19. The summed E-state index contributed by atoms with van der Waals surface area (Å²) in [7, 11) is 1.69. The van der Waals surface area contributed by atoms with E-state index in [4.69, 9.17) is 10.5 Å². The van der Waals surface area contributed by atoms with Gasteiger partial charge in [-0.2, -0.15) is 0 Å². The topological polar surface area (TPSA) is 35.2 Å². The summed E-state index contributed by atoms with van der Waals surface area (Å²) < 4.78 is 6.38. The quantitative estimate of drug-likeness (QED) is 0.919. The molecular formula is C14H16BrNOS. The van der Waals surface area contributed by atoms with Crippen LogP contribution in [0.2, 0.25) is 0 Å². The Hall–Kier alpha value is -0.840. The molecule has 2 aromatic rings. The van der Waals surface area contributed by atoms with Crippen molar-refractivity contribution in [2.45, 2.75) is 19.4 Å². The maximum absolute atomic E-state index is 6.25. The number of nitrogens with two attached hydrogens (primary N) is 1. The molecule has 0 aliphatic rings. The first-order valence-electron chi connectivity index (χ1n) is 5.73. The lowest BCUT2D eigenvalue weighted by Gasteiger charge is -2.13. The number of hydrogen-bond acceptors (Lipinski definition) is 3. The van der Waals surface area contributed by atoms with E-state index in [1.807, 2.05) is 19.1 Å². The minimum Gasteiger partial charge on any atom is -0.496 e. The lowest BCUT2D eigenvalue weighted by Crippen LogP contribution is -2.12. The van der Waals surface area contributed by atoms with Crippen LogP contribution in [0.3, 0.4) is 0 Å². The van der Waals surface area contributed by atoms with Crippen LogP contribution in [0.1, 0.15) is 22.0 Å². The van der Waals surface area contributed by atoms with Crippen molar-refractivity contribution in [1.29, 1.82) is 0 Å². The zero-order valence-corrected chi connectivity index (χ0v) is 12.8. The maximum Gasteiger partial charge on any atom is 0.121 e. The van der Waals surface area contributed by atoms with Crippen molar-refractivity contribution in [2.75, 3.05) is 7.11 Å². The Balaban J connectivity index is 2.13. The van der Waals surface area contributed by atoms with E-state index in [0.717, 1.165) is 27.8 Å². The van der Waals surface area contributed by atoms with Crippen molar-refractivity contribution in [1.82, 2.24) is 0 Å². The zero-order valence-electron chi connectivity index (χ0n) is 10.4. The molecule has 0 saturated carbocycles. The third kappa shape index (κ3) is 3.13. The molecule has 0 spiro atoms. The van der Waals surface area contributed by atoms with Crippen LogP contribution in [0.4, 0.5) is 0 Å².